The quantitative estimate of drug-likeness (QED) is 0.786. The number of carboxylic acid groups (broad SMARTS) is 1. The Morgan fingerprint density at radius 1 is 1.56 bits per heavy atom. The van der Waals surface area contributed by atoms with Crippen LogP contribution in [0.25, 0.3) is 0 Å². The van der Waals surface area contributed by atoms with Crippen molar-refractivity contribution >= 4 is 11.9 Å². The summed E-state index contributed by atoms with van der Waals surface area (Å²) in [7, 11) is 0. The van der Waals surface area contributed by atoms with Crippen molar-refractivity contribution in [3.05, 3.63) is 24.0 Å². The number of carbonyl (C=O) groups is 2. The van der Waals surface area contributed by atoms with E-state index in [0.29, 0.717) is 0 Å². The zero-order valence-electron chi connectivity index (χ0n) is 9.43. The van der Waals surface area contributed by atoms with E-state index in [-0.39, 0.29) is 24.2 Å². The predicted octanol–water partition coefficient (Wildman–Crippen LogP) is 1.10. The highest BCUT2D eigenvalue weighted by Gasteiger charge is 2.12. The molecular formula is C11H16N2O3. The monoisotopic (exact) mass is 224 g/mol. The number of nitrogens with zero attached hydrogens (tertiary/aromatic N) is 1. The molecule has 0 saturated heterocycles. The first-order chi connectivity index (χ1) is 7.54. The lowest BCUT2D eigenvalue weighted by Gasteiger charge is -2.12. The number of aromatic carboxylic acids is 1. The lowest BCUT2D eigenvalue weighted by atomic mass is 10.2. The summed E-state index contributed by atoms with van der Waals surface area (Å²) in [6, 6.07) is 3.19. The molecule has 0 bridgehead atoms. The molecule has 5 heteroatoms. The maximum absolute atomic E-state index is 11.5. The summed E-state index contributed by atoms with van der Waals surface area (Å²) < 4.78 is 1.42. The summed E-state index contributed by atoms with van der Waals surface area (Å²) in [6.07, 6.45) is 2.43. The average Bonchev–Trinajstić information content (AvgIpc) is 2.65. The summed E-state index contributed by atoms with van der Waals surface area (Å²) >= 11 is 0. The normalized spacial score (nSPS) is 12.1. The van der Waals surface area contributed by atoms with Crippen molar-refractivity contribution in [3.8, 4) is 0 Å². The number of amides is 1. The van der Waals surface area contributed by atoms with Crippen molar-refractivity contribution in [2.75, 3.05) is 0 Å². The smallest absolute Gasteiger partial charge is 0.352 e. The van der Waals surface area contributed by atoms with Gasteiger partial charge < -0.3 is 15.0 Å². The molecule has 1 aromatic rings. The number of hydrogen-bond donors (Lipinski definition) is 2. The molecule has 88 valence electrons. The maximum Gasteiger partial charge on any atom is 0.352 e. The molecule has 0 spiro atoms. The summed E-state index contributed by atoms with van der Waals surface area (Å²) in [4.78, 5) is 22.3. The average molecular weight is 224 g/mol. The van der Waals surface area contributed by atoms with E-state index >= 15 is 0 Å². The highest BCUT2D eigenvalue weighted by Crippen LogP contribution is 2.02. The standard InChI is InChI=1S/C11H16N2O3/c1-3-8(2)12-10(14)7-13-6-4-5-9(13)11(15)16/h4-6,8H,3,7H2,1-2H3,(H,12,14)(H,15,16). The van der Waals surface area contributed by atoms with Gasteiger partial charge in [0.2, 0.25) is 5.91 Å². The third-order valence-electron chi connectivity index (χ3n) is 2.38. The molecular weight excluding hydrogens is 208 g/mol. The molecule has 0 fully saturated rings. The molecule has 0 aromatic carbocycles. The Hall–Kier alpha value is -1.78. The van der Waals surface area contributed by atoms with Gasteiger partial charge in [-0.1, -0.05) is 6.92 Å². The molecule has 16 heavy (non-hydrogen) atoms. The second kappa shape index (κ2) is 5.34. The number of rotatable bonds is 5. The highest BCUT2D eigenvalue weighted by molar-refractivity contribution is 5.86. The zero-order chi connectivity index (χ0) is 12.1. The number of aromatic nitrogens is 1. The number of nitrogens with one attached hydrogen (secondary N) is 1. The number of carboxylic acids is 1. The second-order valence-electron chi connectivity index (χ2n) is 3.70. The zero-order valence-corrected chi connectivity index (χ0v) is 9.43. The van der Waals surface area contributed by atoms with Gasteiger partial charge in [0, 0.05) is 12.2 Å². The van der Waals surface area contributed by atoms with Gasteiger partial charge in [-0.2, -0.15) is 0 Å². The van der Waals surface area contributed by atoms with Crippen molar-refractivity contribution in [2.45, 2.75) is 32.9 Å². The molecule has 5 nitrogen and oxygen atoms in total. The molecule has 0 saturated carbocycles. The van der Waals surface area contributed by atoms with E-state index in [9.17, 15) is 9.59 Å². The fourth-order valence-corrected chi connectivity index (χ4v) is 1.32. The van der Waals surface area contributed by atoms with Crippen molar-refractivity contribution in [3.63, 3.8) is 0 Å². The molecule has 1 amide bonds. The van der Waals surface area contributed by atoms with Crippen LogP contribution in [-0.4, -0.2) is 27.6 Å². The van der Waals surface area contributed by atoms with E-state index in [1.165, 1.54) is 10.6 Å². The molecule has 0 aliphatic rings. The van der Waals surface area contributed by atoms with E-state index in [2.05, 4.69) is 5.32 Å². The topological polar surface area (TPSA) is 71.3 Å². The van der Waals surface area contributed by atoms with Crippen LogP contribution in [0.3, 0.4) is 0 Å². The van der Waals surface area contributed by atoms with Crippen molar-refractivity contribution < 1.29 is 14.7 Å². The van der Waals surface area contributed by atoms with Crippen LogP contribution in [0.2, 0.25) is 0 Å². The molecule has 1 rings (SSSR count). The largest absolute Gasteiger partial charge is 0.477 e. The Labute approximate surface area is 94.1 Å². The van der Waals surface area contributed by atoms with Crippen LogP contribution in [0.1, 0.15) is 30.8 Å². The van der Waals surface area contributed by atoms with Crippen LogP contribution in [0.15, 0.2) is 18.3 Å². The Morgan fingerprint density at radius 2 is 2.25 bits per heavy atom. The van der Waals surface area contributed by atoms with E-state index in [1.54, 1.807) is 12.3 Å². The SMILES string of the molecule is CCC(C)NC(=O)Cn1cccc1C(=O)O. The van der Waals surface area contributed by atoms with Crippen LogP contribution in [0, 0.1) is 0 Å². The van der Waals surface area contributed by atoms with Gasteiger partial charge in [0.1, 0.15) is 12.2 Å². The first kappa shape index (κ1) is 12.3. The summed E-state index contributed by atoms with van der Waals surface area (Å²) in [5.74, 6) is -1.20. The summed E-state index contributed by atoms with van der Waals surface area (Å²) in [5, 5.41) is 11.6. The van der Waals surface area contributed by atoms with Gasteiger partial charge in [0.05, 0.1) is 0 Å². The Bertz CT molecular complexity index is 384. The third kappa shape index (κ3) is 3.12. The second-order valence-corrected chi connectivity index (χ2v) is 3.70. The van der Waals surface area contributed by atoms with Gasteiger partial charge in [-0.25, -0.2) is 4.79 Å². The van der Waals surface area contributed by atoms with Gasteiger partial charge in [-0.3, -0.25) is 4.79 Å². The van der Waals surface area contributed by atoms with Gasteiger partial charge in [-0.15, -0.1) is 0 Å². The molecule has 1 unspecified atom stereocenters. The van der Waals surface area contributed by atoms with Crippen LogP contribution in [0.5, 0.6) is 0 Å². The predicted molar refractivity (Wildman–Crippen MR) is 59.3 cm³/mol. The van der Waals surface area contributed by atoms with Crippen LogP contribution >= 0.6 is 0 Å². The number of hydrogen-bond acceptors (Lipinski definition) is 2. The van der Waals surface area contributed by atoms with Crippen LogP contribution < -0.4 is 5.32 Å². The fraction of sp³-hybridized carbons (Fsp3) is 0.455. The van der Waals surface area contributed by atoms with Crippen molar-refractivity contribution in [1.29, 1.82) is 0 Å². The molecule has 1 heterocycles. The van der Waals surface area contributed by atoms with Gasteiger partial charge in [0.25, 0.3) is 0 Å². The lowest BCUT2D eigenvalue weighted by Crippen LogP contribution is -2.35. The fourth-order valence-electron chi connectivity index (χ4n) is 1.32. The van der Waals surface area contributed by atoms with Crippen molar-refractivity contribution in [1.82, 2.24) is 9.88 Å². The minimum atomic E-state index is -1.03. The highest BCUT2D eigenvalue weighted by atomic mass is 16.4. The Balaban J connectivity index is 2.63. The van der Waals surface area contributed by atoms with E-state index in [1.807, 2.05) is 13.8 Å². The molecule has 1 aromatic heterocycles. The maximum atomic E-state index is 11.5. The van der Waals surface area contributed by atoms with Gasteiger partial charge >= 0.3 is 5.97 Å². The van der Waals surface area contributed by atoms with Gasteiger partial charge in [-0.05, 0) is 25.5 Å². The molecule has 2 N–H and O–H groups in total. The van der Waals surface area contributed by atoms with Crippen LogP contribution in [-0.2, 0) is 11.3 Å². The Kier molecular flexibility index (Phi) is 4.10. The Morgan fingerprint density at radius 3 is 2.81 bits per heavy atom. The lowest BCUT2D eigenvalue weighted by molar-refractivity contribution is -0.122. The third-order valence-corrected chi connectivity index (χ3v) is 2.38. The molecule has 0 aliphatic carbocycles. The molecule has 0 aliphatic heterocycles. The molecule has 0 radical (unpaired) electrons. The minimum absolute atomic E-state index is 0.0406. The first-order valence-electron chi connectivity index (χ1n) is 5.22. The first-order valence-corrected chi connectivity index (χ1v) is 5.22. The van der Waals surface area contributed by atoms with E-state index < -0.39 is 5.97 Å². The molecule has 1 atom stereocenters. The van der Waals surface area contributed by atoms with E-state index in [4.69, 9.17) is 5.11 Å². The number of carbonyl (C=O) groups excluding carboxylic acids is 1. The van der Waals surface area contributed by atoms with Crippen LogP contribution in [0.4, 0.5) is 0 Å². The van der Waals surface area contributed by atoms with Gasteiger partial charge in [0.15, 0.2) is 0 Å². The minimum Gasteiger partial charge on any atom is -0.477 e. The van der Waals surface area contributed by atoms with E-state index in [0.717, 1.165) is 6.42 Å². The summed E-state index contributed by atoms with van der Waals surface area (Å²) in [5.41, 5.74) is 0.124. The summed E-state index contributed by atoms with van der Waals surface area (Å²) in [6.45, 7) is 3.92. The van der Waals surface area contributed by atoms with Crippen molar-refractivity contribution in [2.24, 2.45) is 0 Å².